The summed E-state index contributed by atoms with van der Waals surface area (Å²) in [6, 6.07) is 0.504. The summed E-state index contributed by atoms with van der Waals surface area (Å²) < 4.78 is 0. The van der Waals surface area contributed by atoms with Crippen molar-refractivity contribution in [3.63, 3.8) is 0 Å². The van der Waals surface area contributed by atoms with Crippen LogP contribution in [0.2, 0.25) is 0 Å². The largest absolute Gasteiger partial charge is 0.393 e. The number of aliphatic hydroxyl groups is 1. The number of rotatable bonds is 8. The van der Waals surface area contributed by atoms with Gasteiger partial charge in [0.1, 0.15) is 0 Å². The molecule has 15 heavy (non-hydrogen) atoms. The lowest BCUT2D eigenvalue weighted by molar-refractivity contribution is 0.166. The zero-order valence-electron chi connectivity index (χ0n) is 10.6. The number of likely N-dealkylation sites (N-methyl/N-ethyl adjacent to an activating group) is 1. The summed E-state index contributed by atoms with van der Waals surface area (Å²) in [5, 5.41) is 12.5. The minimum Gasteiger partial charge on any atom is -0.393 e. The molecule has 0 rings (SSSR count). The van der Waals surface area contributed by atoms with E-state index in [9.17, 15) is 0 Å². The summed E-state index contributed by atoms with van der Waals surface area (Å²) >= 11 is 0. The van der Waals surface area contributed by atoms with Crippen LogP contribution in [-0.2, 0) is 0 Å². The number of hydrogen-bond donors (Lipinski definition) is 2. The van der Waals surface area contributed by atoms with Crippen molar-refractivity contribution in [1.29, 1.82) is 0 Å². The summed E-state index contributed by atoms with van der Waals surface area (Å²) in [5.41, 5.74) is 1.19. The van der Waals surface area contributed by atoms with E-state index in [0.29, 0.717) is 6.04 Å². The molecule has 0 aromatic heterocycles. The highest BCUT2D eigenvalue weighted by molar-refractivity contribution is 4.99. The molecule has 0 spiro atoms. The van der Waals surface area contributed by atoms with E-state index in [1.807, 2.05) is 6.92 Å². The van der Waals surface area contributed by atoms with Gasteiger partial charge in [0.05, 0.1) is 6.10 Å². The molecule has 0 bridgehead atoms. The topological polar surface area (TPSA) is 35.5 Å². The van der Waals surface area contributed by atoms with Crippen molar-refractivity contribution in [1.82, 2.24) is 10.2 Å². The van der Waals surface area contributed by atoms with Gasteiger partial charge >= 0.3 is 0 Å². The summed E-state index contributed by atoms with van der Waals surface area (Å²) in [7, 11) is 2.06. The molecule has 0 aliphatic heterocycles. The molecule has 1 unspecified atom stereocenters. The first-order valence-corrected chi connectivity index (χ1v) is 5.68. The Bertz CT molecular complexity index is 178. The number of nitrogens with one attached hydrogen (secondary N) is 1. The van der Waals surface area contributed by atoms with Gasteiger partial charge in [-0.15, -0.1) is 0 Å². The van der Waals surface area contributed by atoms with Gasteiger partial charge in [-0.3, -0.25) is 0 Å². The zero-order valence-corrected chi connectivity index (χ0v) is 10.6. The average Bonchev–Trinajstić information content (AvgIpc) is 2.11. The summed E-state index contributed by atoms with van der Waals surface area (Å²) in [6.45, 7) is 12.8. The summed E-state index contributed by atoms with van der Waals surface area (Å²) in [5.74, 6) is 0. The Kier molecular flexibility index (Phi) is 7.65. The maximum atomic E-state index is 9.15. The van der Waals surface area contributed by atoms with E-state index in [1.165, 1.54) is 5.57 Å². The molecule has 1 atom stereocenters. The van der Waals surface area contributed by atoms with Crippen LogP contribution < -0.4 is 5.32 Å². The van der Waals surface area contributed by atoms with Crippen LogP contribution in [0, 0.1) is 0 Å². The second-order valence-electron chi connectivity index (χ2n) is 4.66. The van der Waals surface area contributed by atoms with Crippen molar-refractivity contribution >= 4 is 0 Å². The monoisotopic (exact) mass is 214 g/mol. The van der Waals surface area contributed by atoms with E-state index in [2.05, 4.69) is 37.7 Å². The molecule has 0 aromatic carbocycles. The third-order valence-corrected chi connectivity index (χ3v) is 2.18. The van der Waals surface area contributed by atoms with Crippen LogP contribution in [0.4, 0.5) is 0 Å². The highest BCUT2D eigenvalue weighted by atomic mass is 16.3. The van der Waals surface area contributed by atoms with Crippen molar-refractivity contribution in [2.24, 2.45) is 0 Å². The van der Waals surface area contributed by atoms with Crippen molar-refractivity contribution < 1.29 is 5.11 Å². The minimum atomic E-state index is -0.213. The van der Waals surface area contributed by atoms with Gasteiger partial charge < -0.3 is 15.3 Å². The van der Waals surface area contributed by atoms with E-state index in [4.69, 9.17) is 5.11 Å². The number of nitrogens with zero attached hydrogens (tertiary/aromatic N) is 1. The lowest BCUT2D eigenvalue weighted by Crippen LogP contribution is -2.30. The van der Waals surface area contributed by atoms with Crippen LogP contribution in [0.25, 0.3) is 0 Å². The summed E-state index contributed by atoms with van der Waals surface area (Å²) in [4.78, 5) is 2.19. The van der Waals surface area contributed by atoms with E-state index < -0.39 is 0 Å². The Labute approximate surface area is 94.2 Å². The third-order valence-electron chi connectivity index (χ3n) is 2.18. The van der Waals surface area contributed by atoms with Gasteiger partial charge in [0.25, 0.3) is 0 Å². The van der Waals surface area contributed by atoms with Crippen molar-refractivity contribution in [2.45, 2.75) is 39.3 Å². The fraction of sp³-hybridized carbons (Fsp3) is 0.833. The normalized spacial score (nSPS) is 13.5. The molecular weight excluding hydrogens is 188 g/mol. The maximum absolute atomic E-state index is 9.15. The van der Waals surface area contributed by atoms with Crippen LogP contribution in [0.5, 0.6) is 0 Å². The summed E-state index contributed by atoms with van der Waals surface area (Å²) in [6.07, 6.45) is 0.607. The van der Waals surface area contributed by atoms with Gasteiger partial charge in [-0.1, -0.05) is 20.4 Å². The minimum absolute atomic E-state index is 0.213. The maximum Gasteiger partial charge on any atom is 0.0524 e. The zero-order chi connectivity index (χ0) is 11.8. The van der Waals surface area contributed by atoms with Crippen molar-refractivity contribution in [2.75, 3.05) is 26.7 Å². The van der Waals surface area contributed by atoms with Gasteiger partial charge in [0.2, 0.25) is 0 Å². The predicted octanol–water partition coefficient (Wildman–Crippen LogP) is 1.24. The van der Waals surface area contributed by atoms with Gasteiger partial charge in [-0.05, 0) is 26.0 Å². The molecule has 0 heterocycles. The molecule has 0 aromatic rings. The fourth-order valence-electron chi connectivity index (χ4n) is 1.27. The molecule has 0 fully saturated rings. The van der Waals surface area contributed by atoms with Crippen LogP contribution in [0.3, 0.4) is 0 Å². The predicted molar refractivity (Wildman–Crippen MR) is 66.1 cm³/mol. The average molecular weight is 214 g/mol. The van der Waals surface area contributed by atoms with Crippen LogP contribution >= 0.6 is 0 Å². The van der Waals surface area contributed by atoms with E-state index in [-0.39, 0.29) is 6.10 Å². The Morgan fingerprint density at radius 3 is 2.47 bits per heavy atom. The molecule has 0 amide bonds. The van der Waals surface area contributed by atoms with Gasteiger partial charge in [-0.2, -0.15) is 0 Å². The Morgan fingerprint density at radius 1 is 1.40 bits per heavy atom. The fourth-order valence-corrected chi connectivity index (χ4v) is 1.27. The first-order valence-electron chi connectivity index (χ1n) is 5.68. The SMILES string of the molecule is C=C(CNC(C)C)CN(C)CCC(C)O. The van der Waals surface area contributed by atoms with Crippen LogP contribution in [0.1, 0.15) is 27.2 Å². The highest BCUT2D eigenvalue weighted by Gasteiger charge is 2.03. The lowest BCUT2D eigenvalue weighted by atomic mass is 10.2. The molecule has 2 N–H and O–H groups in total. The molecule has 0 saturated carbocycles. The van der Waals surface area contributed by atoms with E-state index in [0.717, 1.165) is 26.1 Å². The first kappa shape index (κ1) is 14.6. The first-order chi connectivity index (χ1) is 6.91. The standard InChI is InChI=1S/C12H26N2O/c1-10(2)13-8-11(3)9-14(5)7-6-12(4)15/h10,12-13,15H,3,6-9H2,1-2,4-5H3. The van der Waals surface area contributed by atoms with Crippen LogP contribution in [-0.4, -0.2) is 48.8 Å². The third kappa shape index (κ3) is 9.91. The molecule has 0 radical (unpaired) electrons. The number of hydrogen-bond acceptors (Lipinski definition) is 3. The van der Waals surface area contributed by atoms with Crippen molar-refractivity contribution in [3.8, 4) is 0 Å². The Hall–Kier alpha value is -0.380. The molecule has 0 aliphatic carbocycles. The lowest BCUT2D eigenvalue weighted by Gasteiger charge is -2.19. The quantitative estimate of drug-likeness (QED) is 0.597. The number of aliphatic hydroxyl groups excluding tert-OH is 1. The molecule has 0 saturated heterocycles. The van der Waals surface area contributed by atoms with Crippen LogP contribution in [0.15, 0.2) is 12.2 Å². The van der Waals surface area contributed by atoms with Gasteiger partial charge in [-0.25, -0.2) is 0 Å². The van der Waals surface area contributed by atoms with Gasteiger partial charge in [0, 0.05) is 25.7 Å². The van der Waals surface area contributed by atoms with Gasteiger partial charge in [0.15, 0.2) is 0 Å². The molecule has 3 nitrogen and oxygen atoms in total. The highest BCUT2D eigenvalue weighted by Crippen LogP contribution is 1.97. The molecule has 3 heteroatoms. The Morgan fingerprint density at radius 2 is 2.00 bits per heavy atom. The van der Waals surface area contributed by atoms with Crippen molar-refractivity contribution in [3.05, 3.63) is 12.2 Å². The van der Waals surface area contributed by atoms with E-state index in [1.54, 1.807) is 0 Å². The smallest absolute Gasteiger partial charge is 0.0524 e. The second-order valence-corrected chi connectivity index (χ2v) is 4.66. The second kappa shape index (κ2) is 7.85. The Balaban J connectivity index is 3.57. The molecule has 0 aliphatic rings. The van der Waals surface area contributed by atoms with E-state index >= 15 is 0 Å². The molecule has 90 valence electrons. The molecular formula is C12H26N2O.